The first-order valence-electron chi connectivity index (χ1n) is 4.45. The number of halogens is 1. The third kappa shape index (κ3) is 1.47. The average Bonchev–Trinajstić information content (AvgIpc) is 2.55. The van der Waals surface area contributed by atoms with E-state index in [2.05, 4.69) is 45.3 Å². The molecule has 4 heteroatoms. The van der Waals surface area contributed by atoms with Crippen LogP contribution in [0, 0.1) is 3.57 Å². The Morgan fingerprint density at radius 2 is 2.29 bits per heavy atom. The van der Waals surface area contributed by atoms with Crippen LogP contribution in [0.25, 0.3) is 11.0 Å². The highest BCUT2D eigenvalue weighted by molar-refractivity contribution is 14.1. The largest absolute Gasteiger partial charge is 0.481 e. The van der Waals surface area contributed by atoms with Crippen LogP contribution in [0.1, 0.15) is 6.92 Å². The van der Waals surface area contributed by atoms with Gasteiger partial charge in [-0.25, -0.2) is 4.98 Å². The fourth-order valence-electron chi connectivity index (χ4n) is 1.48. The van der Waals surface area contributed by atoms with Crippen LogP contribution in [-0.4, -0.2) is 16.7 Å². The van der Waals surface area contributed by atoms with Gasteiger partial charge >= 0.3 is 0 Å². The molecule has 14 heavy (non-hydrogen) atoms. The summed E-state index contributed by atoms with van der Waals surface area (Å²) in [7, 11) is 1.64. The number of aromatic nitrogens is 2. The van der Waals surface area contributed by atoms with E-state index >= 15 is 0 Å². The second-order valence-corrected chi connectivity index (χ2v) is 4.15. The zero-order valence-corrected chi connectivity index (χ0v) is 10.3. The van der Waals surface area contributed by atoms with E-state index in [0.717, 1.165) is 17.6 Å². The molecule has 0 spiro atoms. The lowest BCUT2D eigenvalue weighted by atomic mass is 10.4. The molecule has 0 saturated carbocycles. The van der Waals surface area contributed by atoms with E-state index < -0.39 is 0 Å². The fourth-order valence-corrected chi connectivity index (χ4v) is 2.22. The Bertz CT molecular complexity index is 464. The molecule has 0 amide bonds. The van der Waals surface area contributed by atoms with Gasteiger partial charge in [0.15, 0.2) is 0 Å². The summed E-state index contributed by atoms with van der Waals surface area (Å²) in [5.74, 6) is 0.671. The molecule has 0 unspecified atom stereocenters. The van der Waals surface area contributed by atoms with Gasteiger partial charge in [0.25, 0.3) is 0 Å². The van der Waals surface area contributed by atoms with E-state index in [1.54, 1.807) is 7.11 Å². The molecule has 2 aromatic heterocycles. The van der Waals surface area contributed by atoms with Crippen molar-refractivity contribution < 1.29 is 4.74 Å². The van der Waals surface area contributed by atoms with Gasteiger partial charge in [-0.2, -0.15) is 0 Å². The monoisotopic (exact) mass is 302 g/mol. The highest BCUT2D eigenvalue weighted by Gasteiger charge is 2.07. The smallest absolute Gasteiger partial charge is 0.213 e. The van der Waals surface area contributed by atoms with Gasteiger partial charge in [-0.15, -0.1) is 0 Å². The molecule has 0 aliphatic rings. The van der Waals surface area contributed by atoms with Crippen molar-refractivity contribution >= 4 is 33.6 Å². The third-order valence-corrected chi connectivity index (χ3v) is 2.99. The van der Waals surface area contributed by atoms with Gasteiger partial charge in [-0.05, 0) is 35.6 Å². The molecular weight excluding hydrogens is 291 g/mol. The molecule has 0 bridgehead atoms. The van der Waals surface area contributed by atoms with Crippen molar-refractivity contribution in [2.75, 3.05) is 7.11 Å². The van der Waals surface area contributed by atoms with Crippen LogP contribution < -0.4 is 4.74 Å². The van der Waals surface area contributed by atoms with Crippen molar-refractivity contribution in [2.45, 2.75) is 13.5 Å². The van der Waals surface area contributed by atoms with Gasteiger partial charge in [-0.1, -0.05) is 0 Å². The van der Waals surface area contributed by atoms with E-state index in [0.29, 0.717) is 5.88 Å². The van der Waals surface area contributed by atoms with Crippen LogP contribution in [0.3, 0.4) is 0 Å². The lowest BCUT2D eigenvalue weighted by Gasteiger charge is -2.01. The Balaban J connectivity index is 2.70. The highest BCUT2D eigenvalue weighted by Crippen LogP contribution is 2.23. The van der Waals surface area contributed by atoms with Gasteiger partial charge in [-0.3, -0.25) is 0 Å². The minimum atomic E-state index is 0.671. The number of hydrogen-bond acceptors (Lipinski definition) is 2. The van der Waals surface area contributed by atoms with Gasteiger partial charge in [0.05, 0.1) is 16.2 Å². The summed E-state index contributed by atoms with van der Waals surface area (Å²) >= 11 is 2.30. The maximum Gasteiger partial charge on any atom is 0.213 e. The molecule has 2 aromatic rings. The summed E-state index contributed by atoms with van der Waals surface area (Å²) in [6.45, 7) is 3.09. The van der Waals surface area contributed by atoms with Gasteiger partial charge in [0.2, 0.25) is 5.88 Å². The molecule has 0 N–H and O–H groups in total. The standard InChI is InChI=1S/C10H11IN2O/c1-3-13-6-7(11)10-8(13)4-5-9(12-10)14-2/h4-6H,3H2,1-2H3. The zero-order chi connectivity index (χ0) is 10.1. The Morgan fingerprint density at radius 3 is 2.93 bits per heavy atom. The predicted octanol–water partition coefficient (Wildman–Crippen LogP) is 2.67. The minimum Gasteiger partial charge on any atom is -0.481 e. The molecule has 2 heterocycles. The Hall–Kier alpha value is -0.780. The molecule has 0 saturated heterocycles. The van der Waals surface area contributed by atoms with Crippen molar-refractivity contribution in [3.8, 4) is 5.88 Å². The van der Waals surface area contributed by atoms with E-state index in [1.165, 1.54) is 3.57 Å². The van der Waals surface area contributed by atoms with Crippen LogP contribution in [0.5, 0.6) is 5.88 Å². The highest BCUT2D eigenvalue weighted by atomic mass is 127. The van der Waals surface area contributed by atoms with E-state index in [1.807, 2.05) is 12.1 Å². The van der Waals surface area contributed by atoms with Crippen LogP contribution in [0.15, 0.2) is 18.3 Å². The minimum absolute atomic E-state index is 0.671. The molecule has 3 nitrogen and oxygen atoms in total. The number of rotatable bonds is 2. The van der Waals surface area contributed by atoms with Crippen molar-refractivity contribution in [2.24, 2.45) is 0 Å². The predicted molar refractivity (Wildman–Crippen MR) is 64.7 cm³/mol. The molecule has 0 atom stereocenters. The molecule has 74 valence electrons. The van der Waals surface area contributed by atoms with Crippen LogP contribution in [0.2, 0.25) is 0 Å². The molecule has 0 aliphatic carbocycles. The second kappa shape index (κ2) is 3.76. The number of aryl methyl sites for hydroxylation is 1. The molecule has 0 aliphatic heterocycles. The molecule has 0 fully saturated rings. The summed E-state index contributed by atoms with van der Waals surface area (Å²) in [4.78, 5) is 4.41. The van der Waals surface area contributed by atoms with Gasteiger partial charge in [0, 0.05) is 18.8 Å². The number of pyridine rings is 1. The number of ether oxygens (including phenoxy) is 1. The normalized spacial score (nSPS) is 10.8. The summed E-state index contributed by atoms with van der Waals surface area (Å²) in [5.41, 5.74) is 2.18. The fraction of sp³-hybridized carbons (Fsp3) is 0.300. The van der Waals surface area contributed by atoms with Crippen molar-refractivity contribution in [1.29, 1.82) is 0 Å². The molecule has 0 radical (unpaired) electrons. The van der Waals surface area contributed by atoms with E-state index in [9.17, 15) is 0 Å². The topological polar surface area (TPSA) is 27.1 Å². The Labute approximate surface area is 96.2 Å². The SMILES string of the molecule is CCn1cc(I)c2nc(OC)ccc21. The summed E-state index contributed by atoms with van der Waals surface area (Å²) < 4.78 is 8.45. The average molecular weight is 302 g/mol. The third-order valence-electron chi connectivity index (χ3n) is 2.20. The first-order valence-corrected chi connectivity index (χ1v) is 5.53. The second-order valence-electron chi connectivity index (χ2n) is 2.98. The Morgan fingerprint density at radius 1 is 1.50 bits per heavy atom. The lowest BCUT2D eigenvalue weighted by molar-refractivity contribution is 0.399. The van der Waals surface area contributed by atoms with Crippen LogP contribution in [0.4, 0.5) is 0 Å². The number of nitrogens with zero attached hydrogens (tertiary/aromatic N) is 2. The first-order chi connectivity index (χ1) is 6.76. The maximum atomic E-state index is 5.10. The van der Waals surface area contributed by atoms with E-state index in [-0.39, 0.29) is 0 Å². The van der Waals surface area contributed by atoms with Crippen molar-refractivity contribution in [1.82, 2.24) is 9.55 Å². The summed E-state index contributed by atoms with van der Waals surface area (Å²) in [6, 6.07) is 3.94. The van der Waals surface area contributed by atoms with Crippen molar-refractivity contribution in [3.05, 3.63) is 21.9 Å². The number of fused-ring (bicyclic) bond motifs is 1. The molecule has 0 aromatic carbocycles. The summed E-state index contributed by atoms with van der Waals surface area (Å²) in [6.07, 6.45) is 2.11. The summed E-state index contributed by atoms with van der Waals surface area (Å²) in [5, 5.41) is 0. The van der Waals surface area contributed by atoms with Gasteiger partial charge < -0.3 is 9.30 Å². The molecular formula is C10H11IN2O. The number of hydrogen-bond donors (Lipinski definition) is 0. The first kappa shape index (κ1) is 9.76. The van der Waals surface area contributed by atoms with E-state index in [4.69, 9.17) is 4.74 Å². The lowest BCUT2D eigenvalue weighted by Crippen LogP contribution is -1.92. The van der Waals surface area contributed by atoms with Crippen molar-refractivity contribution in [3.63, 3.8) is 0 Å². The Kier molecular flexibility index (Phi) is 2.62. The van der Waals surface area contributed by atoms with Crippen LogP contribution in [-0.2, 0) is 6.54 Å². The van der Waals surface area contributed by atoms with Crippen LogP contribution >= 0.6 is 22.6 Å². The van der Waals surface area contributed by atoms with Gasteiger partial charge in [0.1, 0.15) is 5.52 Å². The number of methoxy groups -OCH3 is 1. The quantitative estimate of drug-likeness (QED) is 0.798. The maximum absolute atomic E-state index is 5.10. The zero-order valence-electron chi connectivity index (χ0n) is 8.12. The molecule has 2 rings (SSSR count).